The first-order chi connectivity index (χ1) is 10.1. The van der Waals surface area contributed by atoms with Crippen molar-refractivity contribution >= 4 is 23.6 Å². The van der Waals surface area contributed by atoms with Crippen molar-refractivity contribution in [3.8, 4) is 0 Å². The molecule has 1 aromatic rings. The van der Waals surface area contributed by atoms with Gasteiger partial charge in [-0.05, 0) is 55.4 Å². The van der Waals surface area contributed by atoms with Gasteiger partial charge in [-0.15, -0.1) is 0 Å². The Morgan fingerprint density at radius 3 is 3.00 bits per heavy atom. The van der Waals surface area contributed by atoms with Crippen LogP contribution in [0.1, 0.15) is 30.4 Å². The molecule has 2 rings (SSSR count). The summed E-state index contributed by atoms with van der Waals surface area (Å²) < 4.78 is 5.51. The van der Waals surface area contributed by atoms with Crippen molar-refractivity contribution in [2.45, 2.75) is 26.2 Å². The van der Waals surface area contributed by atoms with E-state index in [2.05, 4.69) is 5.32 Å². The van der Waals surface area contributed by atoms with E-state index in [4.69, 9.17) is 16.3 Å². The number of hydrogen-bond acceptors (Lipinski definition) is 2. The van der Waals surface area contributed by atoms with Crippen molar-refractivity contribution in [2.24, 2.45) is 5.92 Å². The minimum atomic E-state index is -0.0890. The van der Waals surface area contributed by atoms with Crippen LogP contribution in [-0.2, 0) is 9.53 Å². The number of nitrogens with one attached hydrogen (secondary N) is 1. The second-order valence-corrected chi connectivity index (χ2v) is 5.91. The van der Waals surface area contributed by atoms with Crippen molar-refractivity contribution < 1.29 is 9.53 Å². The zero-order chi connectivity index (χ0) is 15.1. The number of aryl methyl sites for hydroxylation is 1. The van der Waals surface area contributed by atoms with Crippen LogP contribution in [0.25, 0.3) is 6.08 Å². The first-order valence-corrected chi connectivity index (χ1v) is 7.83. The molecule has 114 valence electrons. The third-order valence-corrected chi connectivity index (χ3v) is 3.85. The molecule has 21 heavy (non-hydrogen) atoms. The largest absolute Gasteiger partial charge is 0.381 e. The van der Waals surface area contributed by atoms with Crippen molar-refractivity contribution in [3.05, 3.63) is 40.4 Å². The molecule has 0 heterocycles. The van der Waals surface area contributed by atoms with E-state index in [0.717, 1.165) is 30.1 Å². The lowest BCUT2D eigenvalue weighted by Crippen LogP contribution is -2.23. The van der Waals surface area contributed by atoms with Crippen molar-refractivity contribution in [1.29, 1.82) is 0 Å². The number of carbonyl (C=O) groups excluding carboxylic acids is 1. The smallest absolute Gasteiger partial charge is 0.244 e. The SMILES string of the molecule is Cc1ccc(/C=C/C(=O)NCCCOCC2CC2)cc1Cl. The molecule has 0 spiro atoms. The molecule has 1 aliphatic rings. The molecule has 1 fully saturated rings. The molecule has 4 heteroatoms. The summed E-state index contributed by atoms with van der Waals surface area (Å²) in [5.41, 5.74) is 1.96. The standard InChI is InChI=1S/C17H22ClNO2/c1-13-3-4-14(11-16(13)18)7-8-17(20)19-9-2-10-21-12-15-5-6-15/h3-4,7-8,11,15H,2,5-6,9-10,12H2,1H3,(H,19,20)/b8-7+. The van der Waals surface area contributed by atoms with Gasteiger partial charge in [-0.25, -0.2) is 0 Å². The molecule has 0 saturated heterocycles. The highest BCUT2D eigenvalue weighted by Gasteiger charge is 2.20. The minimum Gasteiger partial charge on any atom is -0.381 e. The lowest BCUT2D eigenvalue weighted by Gasteiger charge is -2.04. The van der Waals surface area contributed by atoms with Crippen LogP contribution in [0.15, 0.2) is 24.3 Å². The van der Waals surface area contributed by atoms with Gasteiger partial charge < -0.3 is 10.1 Å². The van der Waals surface area contributed by atoms with Gasteiger partial charge in [-0.1, -0.05) is 23.7 Å². The molecule has 0 aromatic heterocycles. The molecule has 1 aliphatic carbocycles. The zero-order valence-corrected chi connectivity index (χ0v) is 13.2. The maximum Gasteiger partial charge on any atom is 0.244 e. The number of halogens is 1. The Labute approximate surface area is 131 Å². The molecule has 0 atom stereocenters. The summed E-state index contributed by atoms with van der Waals surface area (Å²) in [6, 6.07) is 5.74. The van der Waals surface area contributed by atoms with Crippen LogP contribution in [-0.4, -0.2) is 25.7 Å². The average Bonchev–Trinajstić information content (AvgIpc) is 3.28. The molecular formula is C17H22ClNO2. The summed E-state index contributed by atoms with van der Waals surface area (Å²) in [5, 5.41) is 3.56. The Hall–Kier alpha value is -1.32. The van der Waals surface area contributed by atoms with Crippen LogP contribution in [0.3, 0.4) is 0 Å². The Morgan fingerprint density at radius 2 is 2.29 bits per heavy atom. The summed E-state index contributed by atoms with van der Waals surface area (Å²) in [4.78, 5) is 11.6. The van der Waals surface area contributed by atoms with Gasteiger partial charge >= 0.3 is 0 Å². The molecule has 1 N–H and O–H groups in total. The van der Waals surface area contributed by atoms with E-state index in [1.165, 1.54) is 18.9 Å². The zero-order valence-electron chi connectivity index (χ0n) is 12.4. The second kappa shape index (κ2) is 8.20. The lowest BCUT2D eigenvalue weighted by atomic mass is 10.1. The monoisotopic (exact) mass is 307 g/mol. The molecule has 0 aliphatic heterocycles. The summed E-state index contributed by atoms with van der Waals surface area (Å²) in [6.45, 7) is 4.19. The number of benzene rings is 1. The summed E-state index contributed by atoms with van der Waals surface area (Å²) in [5.74, 6) is 0.706. The van der Waals surface area contributed by atoms with Gasteiger partial charge in [-0.2, -0.15) is 0 Å². The highest BCUT2D eigenvalue weighted by Crippen LogP contribution is 2.28. The predicted molar refractivity (Wildman–Crippen MR) is 86.4 cm³/mol. The third kappa shape index (κ3) is 6.32. The van der Waals surface area contributed by atoms with Crippen LogP contribution >= 0.6 is 11.6 Å². The van der Waals surface area contributed by atoms with Crippen LogP contribution in [0.5, 0.6) is 0 Å². The Kier molecular flexibility index (Phi) is 6.27. The van der Waals surface area contributed by atoms with E-state index >= 15 is 0 Å². The van der Waals surface area contributed by atoms with Gasteiger partial charge in [0.25, 0.3) is 0 Å². The van der Waals surface area contributed by atoms with E-state index in [0.29, 0.717) is 18.2 Å². The maximum absolute atomic E-state index is 11.6. The fraction of sp³-hybridized carbons (Fsp3) is 0.471. The number of amides is 1. The third-order valence-electron chi connectivity index (χ3n) is 3.44. The first-order valence-electron chi connectivity index (χ1n) is 7.45. The van der Waals surface area contributed by atoms with Gasteiger partial charge in [0.1, 0.15) is 0 Å². The molecule has 0 bridgehead atoms. The van der Waals surface area contributed by atoms with Crippen LogP contribution < -0.4 is 5.32 Å². The molecule has 1 saturated carbocycles. The molecule has 0 radical (unpaired) electrons. The van der Waals surface area contributed by atoms with Gasteiger partial charge in [0.2, 0.25) is 5.91 Å². The van der Waals surface area contributed by atoms with Crippen molar-refractivity contribution in [2.75, 3.05) is 19.8 Å². The van der Waals surface area contributed by atoms with E-state index < -0.39 is 0 Å². The average molecular weight is 308 g/mol. The summed E-state index contributed by atoms with van der Waals surface area (Å²) in [7, 11) is 0. The van der Waals surface area contributed by atoms with Crippen molar-refractivity contribution in [1.82, 2.24) is 5.32 Å². The quantitative estimate of drug-likeness (QED) is 0.589. The van der Waals surface area contributed by atoms with Gasteiger partial charge in [0, 0.05) is 30.9 Å². The second-order valence-electron chi connectivity index (χ2n) is 5.50. The lowest BCUT2D eigenvalue weighted by molar-refractivity contribution is -0.116. The highest BCUT2D eigenvalue weighted by molar-refractivity contribution is 6.31. The molecule has 3 nitrogen and oxygen atoms in total. The van der Waals surface area contributed by atoms with E-state index in [1.54, 1.807) is 6.08 Å². The maximum atomic E-state index is 11.6. The fourth-order valence-corrected chi connectivity index (χ4v) is 2.05. The predicted octanol–water partition coefficient (Wildman–Crippen LogP) is 3.59. The minimum absolute atomic E-state index is 0.0890. The van der Waals surface area contributed by atoms with Crippen molar-refractivity contribution in [3.63, 3.8) is 0 Å². The van der Waals surface area contributed by atoms with E-state index in [1.807, 2.05) is 25.1 Å². The number of hydrogen-bond donors (Lipinski definition) is 1. The molecular weight excluding hydrogens is 286 g/mol. The molecule has 1 aromatic carbocycles. The Morgan fingerprint density at radius 1 is 1.48 bits per heavy atom. The fourth-order valence-electron chi connectivity index (χ4n) is 1.86. The summed E-state index contributed by atoms with van der Waals surface area (Å²) >= 11 is 6.04. The Balaban J connectivity index is 1.61. The van der Waals surface area contributed by atoms with Gasteiger partial charge in [0.15, 0.2) is 0 Å². The molecule has 1 amide bonds. The summed E-state index contributed by atoms with van der Waals surface area (Å²) in [6.07, 6.45) is 6.77. The first kappa shape index (κ1) is 16.1. The van der Waals surface area contributed by atoms with E-state index in [9.17, 15) is 4.79 Å². The normalized spacial score (nSPS) is 14.6. The van der Waals surface area contributed by atoms with Gasteiger partial charge in [0.05, 0.1) is 0 Å². The topological polar surface area (TPSA) is 38.3 Å². The van der Waals surface area contributed by atoms with E-state index in [-0.39, 0.29) is 5.91 Å². The Bertz CT molecular complexity index is 510. The highest BCUT2D eigenvalue weighted by atomic mass is 35.5. The number of rotatable bonds is 8. The van der Waals surface area contributed by atoms with Gasteiger partial charge in [-0.3, -0.25) is 4.79 Å². The number of ether oxygens (including phenoxy) is 1. The van der Waals surface area contributed by atoms with Crippen LogP contribution in [0, 0.1) is 12.8 Å². The molecule has 0 unspecified atom stereocenters. The van der Waals surface area contributed by atoms with Crippen LogP contribution in [0.4, 0.5) is 0 Å². The van der Waals surface area contributed by atoms with Crippen LogP contribution in [0.2, 0.25) is 5.02 Å². The number of carbonyl (C=O) groups is 1.